The van der Waals surface area contributed by atoms with Gasteiger partial charge in [0.1, 0.15) is 23.9 Å². The number of fused-ring (bicyclic) bond motifs is 1. The van der Waals surface area contributed by atoms with Crippen molar-refractivity contribution in [2.45, 2.75) is 6.61 Å². The summed E-state index contributed by atoms with van der Waals surface area (Å²) in [5, 5.41) is 0.537. The number of hydrogen-bond donors (Lipinski definition) is 1. The molecule has 2 aromatic heterocycles. The molecule has 6 heteroatoms. The largest absolute Gasteiger partial charge is 0.497 e. The fourth-order valence-electron chi connectivity index (χ4n) is 2.82. The van der Waals surface area contributed by atoms with Gasteiger partial charge in [-0.05, 0) is 47.5 Å². The monoisotopic (exact) mass is 359 g/mol. The van der Waals surface area contributed by atoms with E-state index in [-0.39, 0.29) is 12.2 Å². The SMILES string of the molecule is COc1cccc(OCc2nc3ccc(-c4ccncc4)cc3c(=O)[nH]2)c1. The molecule has 27 heavy (non-hydrogen) atoms. The van der Waals surface area contributed by atoms with Gasteiger partial charge >= 0.3 is 0 Å². The fraction of sp³-hybridized carbons (Fsp3) is 0.0952. The molecule has 4 aromatic rings. The molecule has 2 heterocycles. The zero-order valence-corrected chi connectivity index (χ0v) is 14.7. The van der Waals surface area contributed by atoms with Gasteiger partial charge in [-0.1, -0.05) is 12.1 Å². The highest BCUT2D eigenvalue weighted by atomic mass is 16.5. The van der Waals surface area contributed by atoms with Crippen LogP contribution < -0.4 is 15.0 Å². The van der Waals surface area contributed by atoms with Crippen molar-refractivity contribution in [1.82, 2.24) is 15.0 Å². The lowest BCUT2D eigenvalue weighted by Crippen LogP contribution is -2.13. The lowest BCUT2D eigenvalue weighted by atomic mass is 10.1. The van der Waals surface area contributed by atoms with Crippen molar-refractivity contribution >= 4 is 10.9 Å². The van der Waals surface area contributed by atoms with Gasteiger partial charge in [0.05, 0.1) is 18.0 Å². The second-order valence-electron chi connectivity index (χ2n) is 5.95. The van der Waals surface area contributed by atoms with Gasteiger partial charge in [-0.3, -0.25) is 9.78 Å². The summed E-state index contributed by atoms with van der Waals surface area (Å²) in [6, 6.07) is 16.7. The van der Waals surface area contributed by atoms with Gasteiger partial charge in [-0.25, -0.2) is 4.98 Å². The number of ether oxygens (including phenoxy) is 2. The summed E-state index contributed by atoms with van der Waals surface area (Å²) in [6.45, 7) is 0.157. The van der Waals surface area contributed by atoms with Gasteiger partial charge in [0.15, 0.2) is 0 Å². The van der Waals surface area contributed by atoms with Crippen LogP contribution in [0.2, 0.25) is 0 Å². The summed E-state index contributed by atoms with van der Waals surface area (Å²) in [6.07, 6.45) is 3.45. The summed E-state index contributed by atoms with van der Waals surface area (Å²) < 4.78 is 10.9. The predicted molar refractivity (Wildman–Crippen MR) is 103 cm³/mol. The Morgan fingerprint density at radius 1 is 0.963 bits per heavy atom. The van der Waals surface area contributed by atoms with Crippen LogP contribution in [0.1, 0.15) is 5.82 Å². The van der Waals surface area contributed by atoms with E-state index in [4.69, 9.17) is 9.47 Å². The molecule has 0 amide bonds. The minimum atomic E-state index is -0.194. The van der Waals surface area contributed by atoms with Crippen LogP contribution in [0, 0.1) is 0 Å². The fourth-order valence-corrected chi connectivity index (χ4v) is 2.82. The van der Waals surface area contributed by atoms with Gasteiger partial charge in [-0.2, -0.15) is 0 Å². The molecule has 0 saturated heterocycles. The van der Waals surface area contributed by atoms with E-state index in [2.05, 4.69) is 15.0 Å². The molecule has 0 bridgehead atoms. The summed E-state index contributed by atoms with van der Waals surface area (Å²) in [7, 11) is 1.60. The molecular formula is C21H17N3O3. The summed E-state index contributed by atoms with van der Waals surface area (Å²) in [4.78, 5) is 23.8. The third kappa shape index (κ3) is 3.64. The van der Waals surface area contributed by atoms with Crippen LogP contribution in [-0.4, -0.2) is 22.1 Å². The van der Waals surface area contributed by atoms with Crippen molar-refractivity contribution < 1.29 is 9.47 Å². The Bertz CT molecular complexity index is 1140. The average molecular weight is 359 g/mol. The molecule has 0 unspecified atom stereocenters. The number of nitrogens with zero attached hydrogens (tertiary/aromatic N) is 2. The molecule has 0 saturated carbocycles. The van der Waals surface area contributed by atoms with Crippen molar-refractivity contribution in [1.29, 1.82) is 0 Å². The smallest absolute Gasteiger partial charge is 0.258 e. The van der Waals surface area contributed by atoms with Crippen molar-refractivity contribution in [2.75, 3.05) is 7.11 Å². The number of aromatic amines is 1. The summed E-state index contributed by atoms with van der Waals surface area (Å²) >= 11 is 0. The van der Waals surface area contributed by atoms with E-state index in [0.29, 0.717) is 28.2 Å². The third-order valence-corrected chi connectivity index (χ3v) is 4.18. The maximum atomic E-state index is 12.5. The van der Waals surface area contributed by atoms with Crippen molar-refractivity contribution in [3.63, 3.8) is 0 Å². The van der Waals surface area contributed by atoms with Crippen molar-refractivity contribution in [3.8, 4) is 22.6 Å². The molecule has 1 N–H and O–H groups in total. The number of nitrogens with one attached hydrogen (secondary N) is 1. The Morgan fingerprint density at radius 3 is 2.59 bits per heavy atom. The van der Waals surface area contributed by atoms with E-state index in [1.54, 1.807) is 25.6 Å². The topological polar surface area (TPSA) is 77.1 Å². The predicted octanol–water partition coefficient (Wildman–Crippen LogP) is 3.57. The first-order valence-corrected chi connectivity index (χ1v) is 8.43. The van der Waals surface area contributed by atoms with Crippen LogP contribution in [0.4, 0.5) is 0 Å². The molecule has 0 atom stereocenters. The molecule has 0 aliphatic carbocycles. The van der Waals surface area contributed by atoms with E-state index in [9.17, 15) is 4.79 Å². The highest BCUT2D eigenvalue weighted by Gasteiger charge is 2.07. The lowest BCUT2D eigenvalue weighted by molar-refractivity contribution is 0.294. The molecule has 4 rings (SSSR count). The maximum Gasteiger partial charge on any atom is 0.258 e. The number of hydrogen-bond acceptors (Lipinski definition) is 5. The Morgan fingerprint density at radius 2 is 1.78 bits per heavy atom. The molecule has 0 radical (unpaired) electrons. The van der Waals surface area contributed by atoms with Crippen LogP contribution in [0.3, 0.4) is 0 Å². The van der Waals surface area contributed by atoms with Crippen LogP contribution in [0.5, 0.6) is 11.5 Å². The Balaban J connectivity index is 1.61. The van der Waals surface area contributed by atoms with E-state index < -0.39 is 0 Å². The maximum absolute atomic E-state index is 12.5. The lowest BCUT2D eigenvalue weighted by Gasteiger charge is -2.08. The van der Waals surface area contributed by atoms with Crippen LogP contribution in [0.15, 0.2) is 71.8 Å². The second-order valence-corrected chi connectivity index (χ2v) is 5.95. The molecule has 134 valence electrons. The van der Waals surface area contributed by atoms with Crippen molar-refractivity contribution in [2.24, 2.45) is 0 Å². The number of methoxy groups -OCH3 is 1. The van der Waals surface area contributed by atoms with Gasteiger partial charge in [0, 0.05) is 18.5 Å². The van der Waals surface area contributed by atoms with Crippen LogP contribution >= 0.6 is 0 Å². The Kier molecular flexibility index (Phi) is 4.53. The summed E-state index contributed by atoms with van der Waals surface area (Å²) in [5.41, 5.74) is 2.37. The molecule has 6 nitrogen and oxygen atoms in total. The number of rotatable bonds is 5. The zero-order chi connectivity index (χ0) is 18.6. The Hall–Kier alpha value is -3.67. The molecule has 0 spiro atoms. The highest BCUT2D eigenvalue weighted by Crippen LogP contribution is 2.22. The third-order valence-electron chi connectivity index (χ3n) is 4.18. The number of aromatic nitrogens is 3. The average Bonchev–Trinajstić information content (AvgIpc) is 2.73. The zero-order valence-electron chi connectivity index (χ0n) is 14.7. The number of H-pyrrole nitrogens is 1. The molecule has 2 aromatic carbocycles. The van der Waals surface area contributed by atoms with E-state index in [1.165, 1.54) is 0 Å². The molecule has 0 aliphatic heterocycles. The van der Waals surface area contributed by atoms with Crippen molar-refractivity contribution in [3.05, 3.63) is 83.2 Å². The first-order chi connectivity index (χ1) is 13.2. The second kappa shape index (κ2) is 7.29. The van der Waals surface area contributed by atoms with E-state index in [0.717, 1.165) is 11.1 Å². The van der Waals surface area contributed by atoms with Gasteiger partial charge in [0.25, 0.3) is 5.56 Å². The standard InChI is InChI=1S/C21H17N3O3/c1-26-16-3-2-4-17(12-16)27-13-20-23-19-6-5-15(11-18(19)21(25)24-20)14-7-9-22-10-8-14/h2-12H,13H2,1H3,(H,23,24,25). The van der Waals surface area contributed by atoms with Crippen LogP contribution in [-0.2, 0) is 6.61 Å². The number of pyridine rings is 1. The minimum Gasteiger partial charge on any atom is -0.497 e. The molecular weight excluding hydrogens is 342 g/mol. The molecule has 0 aliphatic rings. The van der Waals surface area contributed by atoms with E-state index >= 15 is 0 Å². The van der Waals surface area contributed by atoms with Gasteiger partial charge < -0.3 is 14.5 Å². The normalized spacial score (nSPS) is 10.7. The molecule has 0 fully saturated rings. The first-order valence-electron chi connectivity index (χ1n) is 8.43. The Labute approximate surface area is 155 Å². The van der Waals surface area contributed by atoms with E-state index in [1.807, 2.05) is 48.5 Å². The quantitative estimate of drug-likeness (QED) is 0.589. The van der Waals surface area contributed by atoms with Gasteiger partial charge in [-0.15, -0.1) is 0 Å². The van der Waals surface area contributed by atoms with Crippen LogP contribution in [0.25, 0.3) is 22.0 Å². The first kappa shape index (κ1) is 16.8. The number of benzene rings is 2. The minimum absolute atomic E-state index is 0.157. The highest BCUT2D eigenvalue weighted by molar-refractivity contribution is 5.83. The van der Waals surface area contributed by atoms with Gasteiger partial charge in [0.2, 0.25) is 0 Å². The summed E-state index contributed by atoms with van der Waals surface area (Å²) in [5.74, 6) is 1.81.